The predicted molar refractivity (Wildman–Crippen MR) is 67.0 cm³/mol. The van der Waals surface area contributed by atoms with Gasteiger partial charge < -0.3 is 21.9 Å². The van der Waals surface area contributed by atoms with E-state index < -0.39 is 8.07 Å². The third-order valence-corrected chi connectivity index (χ3v) is 0. The largest absolute Gasteiger partial charge is 0.397 e. The van der Waals surface area contributed by atoms with Crippen molar-refractivity contribution in [2.45, 2.75) is 40.4 Å². The Kier molecular flexibility index (Phi) is 58.1. The molecule has 0 atom stereocenters. The molecule has 5 heteroatoms. The van der Waals surface area contributed by atoms with E-state index >= 15 is 0 Å². The number of rotatable bonds is 0. The fraction of sp³-hybridized carbons (Fsp3) is 0.900. The van der Waals surface area contributed by atoms with Crippen molar-refractivity contribution in [2.75, 3.05) is 19.8 Å². The molecule has 0 aromatic rings. The van der Waals surface area contributed by atoms with Crippen molar-refractivity contribution >= 4 is 8.07 Å². The SMILES string of the molecule is CCO.CCO.CCO.[CH2-][Si](C)(C)C.[Ti]. The van der Waals surface area contributed by atoms with Crippen LogP contribution in [-0.4, -0.2) is 43.2 Å². The van der Waals surface area contributed by atoms with Crippen molar-refractivity contribution in [1.29, 1.82) is 0 Å². The standard InChI is InChI=1S/C4H11Si.3C2H6O.Ti/c1-5(2,3)4;3*1-2-3;/h1H2,2-4H3;3*3H,2H2,1H3;/q-1;;;;. The topological polar surface area (TPSA) is 60.7 Å². The minimum atomic E-state index is -0.861. The zero-order valence-electron chi connectivity index (χ0n) is 11.2. The van der Waals surface area contributed by atoms with Gasteiger partial charge in [-0.05, 0) is 20.8 Å². The summed E-state index contributed by atoms with van der Waals surface area (Å²) in [5.74, 6) is 0. The van der Waals surface area contributed by atoms with Crippen LogP contribution < -0.4 is 0 Å². The summed E-state index contributed by atoms with van der Waals surface area (Å²) in [7, 11) is -0.861. The van der Waals surface area contributed by atoms with Crippen molar-refractivity contribution in [3.05, 3.63) is 6.55 Å². The van der Waals surface area contributed by atoms with E-state index in [4.69, 9.17) is 15.3 Å². The zero-order chi connectivity index (χ0) is 12.6. The second kappa shape index (κ2) is 29.4. The molecule has 0 aliphatic heterocycles. The third kappa shape index (κ3) is 3690. The van der Waals surface area contributed by atoms with Crippen LogP contribution in [0.1, 0.15) is 20.8 Å². The molecule has 0 saturated carbocycles. The molecule has 0 aliphatic rings. The van der Waals surface area contributed by atoms with E-state index in [0.29, 0.717) is 0 Å². The van der Waals surface area contributed by atoms with Gasteiger partial charge in [-0.25, -0.2) is 0 Å². The number of hydrogen-bond acceptors (Lipinski definition) is 3. The van der Waals surface area contributed by atoms with Gasteiger partial charge in [0.05, 0.1) is 0 Å². The zero-order valence-corrected chi connectivity index (χ0v) is 13.7. The summed E-state index contributed by atoms with van der Waals surface area (Å²) in [4.78, 5) is 0. The minimum Gasteiger partial charge on any atom is -0.397 e. The van der Waals surface area contributed by atoms with Gasteiger partial charge in [0, 0.05) is 41.5 Å². The van der Waals surface area contributed by atoms with Crippen molar-refractivity contribution in [3.8, 4) is 0 Å². The van der Waals surface area contributed by atoms with Crippen molar-refractivity contribution in [3.63, 3.8) is 0 Å². The molecular weight excluding hydrogens is 244 g/mol. The summed E-state index contributed by atoms with van der Waals surface area (Å²) in [6.07, 6.45) is 0. The van der Waals surface area contributed by atoms with E-state index in [9.17, 15) is 0 Å². The minimum absolute atomic E-state index is 0. The van der Waals surface area contributed by atoms with Crippen LogP contribution in [0.4, 0.5) is 0 Å². The van der Waals surface area contributed by atoms with Gasteiger partial charge in [-0.2, -0.15) is 0 Å². The van der Waals surface area contributed by atoms with E-state index in [1.165, 1.54) is 0 Å². The molecule has 0 amide bonds. The maximum Gasteiger partial charge on any atom is 0.0402 e. The maximum absolute atomic E-state index is 7.57. The Labute approximate surface area is 112 Å². The van der Waals surface area contributed by atoms with Gasteiger partial charge in [0.2, 0.25) is 0 Å². The molecule has 96 valence electrons. The fourth-order valence-electron chi connectivity index (χ4n) is 0. The Bertz CT molecular complexity index is 57.4. The first-order valence-electron chi connectivity index (χ1n) is 4.92. The number of aliphatic hydroxyl groups excluding tert-OH is 3. The maximum atomic E-state index is 7.57. The molecule has 0 unspecified atom stereocenters. The van der Waals surface area contributed by atoms with Gasteiger partial charge >= 0.3 is 0 Å². The van der Waals surface area contributed by atoms with E-state index in [-0.39, 0.29) is 41.5 Å². The van der Waals surface area contributed by atoms with Crippen LogP contribution in [0.3, 0.4) is 0 Å². The molecule has 0 saturated heterocycles. The van der Waals surface area contributed by atoms with Crippen LogP contribution in [-0.2, 0) is 21.7 Å². The molecule has 15 heavy (non-hydrogen) atoms. The molecule has 0 bridgehead atoms. The van der Waals surface area contributed by atoms with Crippen molar-refractivity contribution in [1.82, 2.24) is 0 Å². The Hall–Kier alpha value is 0.811. The number of aliphatic hydroxyl groups is 3. The van der Waals surface area contributed by atoms with Crippen LogP contribution in [0.25, 0.3) is 0 Å². The predicted octanol–water partition coefficient (Wildman–Crippen LogP) is 1.69. The van der Waals surface area contributed by atoms with Gasteiger partial charge in [0.15, 0.2) is 0 Å². The molecule has 0 aromatic carbocycles. The molecule has 0 spiro atoms. The molecular formula is C10H29O3SiTi-. The van der Waals surface area contributed by atoms with E-state index in [1.807, 2.05) is 0 Å². The summed E-state index contributed by atoms with van der Waals surface area (Å²) in [5, 5.41) is 22.7. The Morgan fingerprint density at radius 1 is 0.800 bits per heavy atom. The van der Waals surface area contributed by atoms with Crippen LogP contribution >= 0.6 is 0 Å². The Morgan fingerprint density at radius 3 is 0.800 bits per heavy atom. The van der Waals surface area contributed by atoms with Crippen LogP contribution in [0.15, 0.2) is 0 Å². The van der Waals surface area contributed by atoms with E-state index in [2.05, 4.69) is 26.2 Å². The smallest absolute Gasteiger partial charge is 0.0402 e. The van der Waals surface area contributed by atoms with Gasteiger partial charge in [-0.15, -0.1) is 8.07 Å². The molecule has 3 nitrogen and oxygen atoms in total. The molecule has 0 aliphatic carbocycles. The average molecular weight is 273 g/mol. The first-order chi connectivity index (χ1) is 6.24. The summed E-state index contributed by atoms with van der Waals surface area (Å²) < 4.78 is 0. The normalized spacial score (nSPS) is 7.60. The summed E-state index contributed by atoms with van der Waals surface area (Å²) >= 11 is 0. The monoisotopic (exact) mass is 273 g/mol. The molecule has 0 fully saturated rings. The molecule has 0 heterocycles. The second-order valence-corrected chi connectivity index (χ2v) is 8.63. The number of hydrogen-bond donors (Lipinski definition) is 3. The van der Waals surface area contributed by atoms with Crippen molar-refractivity contribution < 1.29 is 37.0 Å². The van der Waals surface area contributed by atoms with Crippen LogP contribution in [0.5, 0.6) is 0 Å². The molecule has 0 aromatic heterocycles. The van der Waals surface area contributed by atoms with E-state index in [0.717, 1.165) is 0 Å². The molecule has 3 N–H and O–H groups in total. The van der Waals surface area contributed by atoms with E-state index in [1.54, 1.807) is 20.8 Å². The first-order valence-corrected chi connectivity index (χ1v) is 8.63. The van der Waals surface area contributed by atoms with Crippen LogP contribution in [0.2, 0.25) is 19.6 Å². The van der Waals surface area contributed by atoms with Crippen molar-refractivity contribution in [2.24, 2.45) is 0 Å². The Balaban J connectivity index is -0.0000000300. The van der Waals surface area contributed by atoms with Gasteiger partial charge in [-0.3, -0.25) is 0 Å². The Morgan fingerprint density at radius 2 is 0.800 bits per heavy atom. The average Bonchev–Trinajstić information content (AvgIpc) is 1.86. The molecule has 0 radical (unpaired) electrons. The first kappa shape index (κ1) is 29.7. The summed E-state index contributed by atoms with van der Waals surface area (Å²) in [6.45, 7) is 16.3. The van der Waals surface area contributed by atoms with Gasteiger partial charge in [-0.1, -0.05) is 19.6 Å². The quantitative estimate of drug-likeness (QED) is 0.465. The summed E-state index contributed by atoms with van der Waals surface area (Å²) in [6, 6.07) is 0. The third-order valence-electron chi connectivity index (χ3n) is 0. The fourth-order valence-corrected chi connectivity index (χ4v) is 0. The molecule has 0 rings (SSSR count). The second-order valence-electron chi connectivity index (χ2n) is 3.51. The van der Waals surface area contributed by atoms with Gasteiger partial charge in [0.25, 0.3) is 0 Å². The van der Waals surface area contributed by atoms with Gasteiger partial charge in [0.1, 0.15) is 0 Å². The summed E-state index contributed by atoms with van der Waals surface area (Å²) in [5.41, 5.74) is 0. The van der Waals surface area contributed by atoms with Crippen LogP contribution in [0, 0.1) is 6.55 Å².